The van der Waals surface area contributed by atoms with Crippen LogP contribution in [0.25, 0.3) is 83.9 Å². The molecule has 2 heterocycles. The maximum Gasteiger partial charge on any atom is 0.148 e. The summed E-state index contributed by atoms with van der Waals surface area (Å²) in [6.07, 6.45) is 1.90. The number of phenols is 1. The van der Waals surface area contributed by atoms with Crippen molar-refractivity contribution < 1.29 is 26.2 Å². The molecule has 5 heteroatoms. The van der Waals surface area contributed by atoms with Gasteiger partial charge in [0.1, 0.15) is 11.6 Å². The fourth-order valence-corrected chi connectivity index (χ4v) is 9.25. The summed E-state index contributed by atoms with van der Waals surface area (Å²) in [7, 11) is 0. The number of nitrogens with zero attached hydrogens (tertiary/aromatic N) is 3. The molecule has 0 saturated heterocycles. The van der Waals surface area contributed by atoms with Crippen LogP contribution in [0.15, 0.2) is 158 Å². The van der Waals surface area contributed by atoms with E-state index in [2.05, 4.69) is 238 Å². The fraction of sp³-hybridized carbons (Fsp3) is 0.238. The predicted molar refractivity (Wildman–Crippen MR) is 282 cm³/mol. The van der Waals surface area contributed by atoms with Gasteiger partial charge in [0.15, 0.2) is 0 Å². The summed E-state index contributed by atoms with van der Waals surface area (Å²) in [6, 6.07) is 58.3. The van der Waals surface area contributed by atoms with Gasteiger partial charge in [-0.15, -0.1) is 29.3 Å². The molecule has 7 aromatic carbocycles. The summed E-state index contributed by atoms with van der Waals surface area (Å²) in [5.74, 6) is 1.26. The number of hydrogen-bond donors (Lipinski definition) is 1. The number of aryl methyl sites for hydroxylation is 1. The van der Waals surface area contributed by atoms with E-state index in [0.29, 0.717) is 11.4 Å². The average molecular weight is 1070 g/mol. The third-order valence-electron chi connectivity index (χ3n) is 13.2. The summed E-state index contributed by atoms with van der Waals surface area (Å²) in [6.45, 7) is 24.5. The fourth-order valence-electron chi connectivity index (χ4n) is 9.25. The largest absolute Gasteiger partial charge is 0.507 e. The van der Waals surface area contributed by atoms with Crippen molar-refractivity contribution in [2.75, 3.05) is 0 Å². The van der Waals surface area contributed by atoms with Gasteiger partial charge in [-0.25, -0.2) is 4.98 Å². The molecule has 1 N–H and O–H groups in total. The molecule has 68 heavy (non-hydrogen) atoms. The molecule has 0 unspecified atom stereocenters. The van der Waals surface area contributed by atoms with Crippen molar-refractivity contribution in [1.82, 2.24) is 14.5 Å². The number of aromatic nitrogens is 3. The van der Waals surface area contributed by atoms with Crippen LogP contribution in [-0.4, -0.2) is 19.6 Å². The molecule has 0 aliphatic heterocycles. The van der Waals surface area contributed by atoms with Crippen LogP contribution in [0.2, 0.25) is 0 Å². The topological polar surface area (TPSA) is 50.9 Å². The van der Waals surface area contributed by atoms with Crippen molar-refractivity contribution in [3.05, 3.63) is 192 Å². The van der Waals surface area contributed by atoms with E-state index < -0.39 is 0 Å². The van der Waals surface area contributed by atoms with Gasteiger partial charge in [-0.1, -0.05) is 195 Å². The smallest absolute Gasteiger partial charge is 0.148 e. The quantitative estimate of drug-likeness (QED) is 0.147. The third kappa shape index (κ3) is 9.41. The minimum atomic E-state index is -0.171. The van der Waals surface area contributed by atoms with Crippen LogP contribution in [0.3, 0.4) is 0 Å². The van der Waals surface area contributed by atoms with Crippen molar-refractivity contribution in [1.29, 1.82) is 0 Å². The van der Waals surface area contributed by atoms with Crippen molar-refractivity contribution >= 4 is 11.0 Å². The Balaban J connectivity index is 0.00000625. The van der Waals surface area contributed by atoms with E-state index in [1.807, 2.05) is 6.20 Å². The molecule has 9 aromatic rings. The van der Waals surface area contributed by atoms with Gasteiger partial charge < -0.3 is 5.11 Å². The Morgan fingerprint density at radius 3 is 1.82 bits per heavy atom. The first kappa shape index (κ1) is 48.1. The van der Waals surface area contributed by atoms with E-state index in [9.17, 15) is 5.11 Å². The number of para-hydroxylation sites is 1. The van der Waals surface area contributed by atoms with Crippen molar-refractivity contribution in [3.8, 4) is 78.6 Å². The van der Waals surface area contributed by atoms with Gasteiger partial charge in [-0.2, -0.15) is 0 Å². The van der Waals surface area contributed by atoms with Gasteiger partial charge in [0.05, 0.1) is 22.3 Å². The molecule has 0 saturated carbocycles. The number of hydrogen-bond acceptors (Lipinski definition) is 3. The molecular weight excluding hydrogens is 1010 g/mol. The standard InChI is InChI=1S/C63H62N3O.Pt/c1-39(2)46-34-51(40(3)4)60(67)54(35-46)61-65-59-50(47-31-48(33-49(32-47)62(6,7)8)56-36-45(29-30-64-56)42-27-25-41(5)26-28-42)23-18-24-57(59)66(61)58-38-52(43-19-14-12-15-20-43)55(63(9,10)11)37-53(58)44-21-16-13-17-22-44;/h12-30,32-40,67H,1-11H3;/q-1;. The molecule has 0 amide bonds. The number of fused-ring (bicyclic) bond motifs is 1. The summed E-state index contributed by atoms with van der Waals surface area (Å²) in [4.78, 5) is 10.7. The van der Waals surface area contributed by atoms with Crippen molar-refractivity contribution in [2.24, 2.45) is 0 Å². The predicted octanol–water partition coefficient (Wildman–Crippen LogP) is 17.1. The average Bonchev–Trinajstić information content (AvgIpc) is 3.70. The first-order valence-electron chi connectivity index (χ1n) is 23.8. The Hall–Kier alpha value is -6.35. The number of pyridine rings is 1. The van der Waals surface area contributed by atoms with Crippen molar-refractivity contribution in [2.45, 2.75) is 98.8 Å². The maximum absolute atomic E-state index is 12.5. The van der Waals surface area contributed by atoms with Gasteiger partial charge in [0.2, 0.25) is 0 Å². The van der Waals surface area contributed by atoms with Gasteiger partial charge >= 0.3 is 0 Å². The van der Waals surface area contributed by atoms with Gasteiger partial charge in [0, 0.05) is 38.5 Å². The second-order valence-corrected chi connectivity index (χ2v) is 20.9. The minimum Gasteiger partial charge on any atom is -0.507 e. The van der Waals surface area contributed by atoms with Crippen LogP contribution in [0, 0.1) is 13.0 Å². The van der Waals surface area contributed by atoms with Crippen LogP contribution < -0.4 is 0 Å². The summed E-state index contributed by atoms with van der Waals surface area (Å²) in [5, 5.41) is 12.5. The number of phenolic OH excluding ortho intramolecular Hbond substituents is 1. The third-order valence-corrected chi connectivity index (χ3v) is 13.2. The van der Waals surface area contributed by atoms with Gasteiger partial charge in [0.25, 0.3) is 0 Å². The number of rotatable bonds is 9. The second kappa shape index (κ2) is 19.0. The van der Waals surface area contributed by atoms with E-state index in [-0.39, 0.29) is 49.5 Å². The Bertz CT molecular complexity index is 3260. The Morgan fingerprint density at radius 2 is 1.21 bits per heavy atom. The zero-order valence-corrected chi connectivity index (χ0v) is 43.5. The maximum atomic E-state index is 12.5. The minimum absolute atomic E-state index is 0. The van der Waals surface area contributed by atoms with E-state index in [4.69, 9.17) is 9.97 Å². The Labute approximate surface area is 418 Å². The second-order valence-electron chi connectivity index (χ2n) is 20.9. The van der Waals surface area contributed by atoms with Crippen molar-refractivity contribution in [3.63, 3.8) is 0 Å². The zero-order chi connectivity index (χ0) is 47.4. The van der Waals surface area contributed by atoms with Crippen LogP contribution >= 0.6 is 0 Å². The molecule has 0 spiro atoms. The van der Waals surface area contributed by atoms with Crippen LogP contribution in [0.5, 0.6) is 5.75 Å². The summed E-state index contributed by atoms with van der Waals surface area (Å²) < 4.78 is 2.31. The monoisotopic (exact) mass is 1070 g/mol. The molecule has 346 valence electrons. The van der Waals surface area contributed by atoms with Crippen LogP contribution in [-0.2, 0) is 31.9 Å². The number of imidazole rings is 1. The molecule has 2 aromatic heterocycles. The molecular formula is C63H62N3OPt-. The molecule has 0 fully saturated rings. The molecule has 0 bridgehead atoms. The molecule has 0 aliphatic rings. The first-order valence-corrected chi connectivity index (χ1v) is 23.8. The normalized spacial score (nSPS) is 12.0. The molecule has 0 atom stereocenters. The molecule has 0 radical (unpaired) electrons. The molecule has 9 rings (SSSR count). The van der Waals surface area contributed by atoms with E-state index in [1.165, 1.54) is 16.7 Å². The molecule has 0 aliphatic carbocycles. The van der Waals surface area contributed by atoms with E-state index >= 15 is 0 Å². The SMILES string of the molecule is Cc1ccc(-c2ccnc(-c3[c-]c(-c4cccc5c4nc(-c4cc(C(C)C)cc(C(C)C)c4O)n5-c4cc(-c5ccccc5)c(C(C)(C)C)cc4-c4ccccc4)cc(C(C)(C)C)c3)c2)cc1.[Pt]. The summed E-state index contributed by atoms with van der Waals surface area (Å²) in [5.41, 5.74) is 19.3. The number of benzene rings is 7. The van der Waals surface area contributed by atoms with Gasteiger partial charge in [-0.05, 0) is 104 Å². The number of aromatic hydroxyl groups is 1. The Kier molecular flexibility index (Phi) is 13.4. The van der Waals surface area contributed by atoms with Crippen LogP contribution in [0.1, 0.15) is 109 Å². The van der Waals surface area contributed by atoms with E-state index in [1.54, 1.807) is 0 Å². The van der Waals surface area contributed by atoms with Gasteiger partial charge in [-0.3, -0.25) is 9.55 Å². The first-order chi connectivity index (χ1) is 32.0. The van der Waals surface area contributed by atoms with Crippen LogP contribution in [0.4, 0.5) is 0 Å². The zero-order valence-electron chi connectivity index (χ0n) is 41.3. The van der Waals surface area contributed by atoms with E-state index in [0.717, 1.165) is 83.6 Å². The summed E-state index contributed by atoms with van der Waals surface area (Å²) >= 11 is 0. The Morgan fingerprint density at radius 1 is 0.559 bits per heavy atom. The molecule has 4 nitrogen and oxygen atoms in total.